The number of nitrogens with two attached hydrogens (primary N) is 1. The van der Waals surface area contributed by atoms with E-state index in [2.05, 4.69) is 5.32 Å². The van der Waals surface area contributed by atoms with Crippen molar-refractivity contribution in [2.75, 3.05) is 42.3 Å². The number of nitrogens with zero attached hydrogens (tertiary/aromatic N) is 1. The minimum absolute atomic E-state index is 0.00719. The van der Waals surface area contributed by atoms with E-state index in [0.717, 1.165) is 16.9 Å². The van der Waals surface area contributed by atoms with E-state index in [1.807, 2.05) is 17.0 Å². The van der Waals surface area contributed by atoms with Crippen LogP contribution >= 0.6 is 0 Å². The molecule has 0 bridgehead atoms. The third-order valence-corrected chi connectivity index (χ3v) is 3.63. The fraction of sp³-hybridized carbons (Fsp3) is 0.462. The Bertz CT molecular complexity index is 518. The molecular formula is C13H17N3O3. The highest BCUT2D eigenvalue weighted by atomic mass is 16.5. The van der Waals surface area contributed by atoms with E-state index in [-0.39, 0.29) is 18.6 Å². The first-order valence-corrected chi connectivity index (χ1v) is 6.36. The second-order valence-corrected chi connectivity index (χ2v) is 4.90. The lowest BCUT2D eigenvalue weighted by atomic mass is 10.1. The zero-order valence-corrected chi connectivity index (χ0v) is 10.6. The van der Waals surface area contributed by atoms with Gasteiger partial charge in [-0.05, 0) is 17.7 Å². The maximum atomic E-state index is 11.4. The van der Waals surface area contributed by atoms with Crippen molar-refractivity contribution in [2.45, 2.75) is 12.5 Å². The minimum Gasteiger partial charge on any atom is -0.397 e. The molecule has 6 nitrogen and oxygen atoms in total. The number of ether oxygens (including phenoxy) is 1. The second-order valence-electron chi connectivity index (χ2n) is 4.90. The summed E-state index contributed by atoms with van der Waals surface area (Å²) in [5.74, 6) is -0.00719. The molecule has 0 radical (unpaired) electrons. The fourth-order valence-corrected chi connectivity index (χ4v) is 2.65. The van der Waals surface area contributed by atoms with E-state index in [0.29, 0.717) is 31.9 Å². The molecule has 1 amide bonds. The van der Waals surface area contributed by atoms with Gasteiger partial charge in [0, 0.05) is 12.2 Å². The Kier molecular flexibility index (Phi) is 3.04. The summed E-state index contributed by atoms with van der Waals surface area (Å²) in [5, 5.41) is 12.2. The third kappa shape index (κ3) is 2.13. The number of hydrogen-bond donors (Lipinski definition) is 3. The number of carbonyl (C=O) groups is 1. The molecule has 2 heterocycles. The van der Waals surface area contributed by atoms with Gasteiger partial charge in [0.25, 0.3) is 0 Å². The number of rotatable bonds is 2. The summed E-state index contributed by atoms with van der Waals surface area (Å²) in [5.41, 5.74) is 9.32. The van der Waals surface area contributed by atoms with Crippen LogP contribution in [-0.2, 0) is 16.0 Å². The van der Waals surface area contributed by atoms with Crippen molar-refractivity contribution in [1.29, 1.82) is 0 Å². The van der Waals surface area contributed by atoms with E-state index in [4.69, 9.17) is 10.5 Å². The van der Waals surface area contributed by atoms with Crippen LogP contribution in [0.3, 0.4) is 0 Å². The molecule has 0 spiro atoms. The van der Waals surface area contributed by atoms with E-state index >= 15 is 0 Å². The molecule has 1 fully saturated rings. The molecule has 0 aromatic heterocycles. The smallest absolute Gasteiger partial charge is 0.228 e. The number of amides is 1. The maximum Gasteiger partial charge on any atom is 0.228 e. The molecule has 3 rings (SSSR count). The lowest BCUT2D eigenvalue weighted by Gasteiger charge is -2.37. The van der Waals surface area contributed by atoms with E-state index in [1.54, 1.807) is 0 Å². The number of hydrogen-bond acceptors (Lipinski definition) is 5. The van der Waals surface area contributed by atoms with Gasteiger partial charge in [0.15, 0.2) is 0 Å². The molecule has 0 saturated carbocycles. The Morgan fingerprint density at radius 1 is 1.53 bits per heavy atom. The molecule has 0 aliphatic carbocycles. The number of nitrogen functional groups attached to an aromatic ring is 1. The zero-order valence-electron chi connectivity index (χ0n) is 10.6. The number of benzene rings is 1. The van der Waals surface area contributed by atoms with Gasteiger partial charge in [0.05, 0.1) is 43.7 Å². The van der Waals surface area contributed by atoms with Crippen molar-refractivity contribution >= 4 is 23.0 Å². The number of nitrogens with one attached hydrogen (secondary N) is 1. The Hall–Kier alpha value is -1.79. The van der Waals surface area contributed by atoms with Crippen LogP contribution < -0.4 is 16.0 Å². The van der Waals surface area contributed by atoms with Crippen molar-refractivity contribution in [3.8, 4) is 0 Å². The molecule has 1 atom stereocenters. The molecule has 102 valence electrons. The van der Waals surface area contributed by atoms with Crippen LogP contribution in [0.2, 0.25) is 0 Å². The Morgan fingerprint density at radius 2 is 2.37 bits per heavy atom. The first-order valence-electron chi connectivity index (χ1n) is 6.36. The summed E-state index contributed by atoms with van der Waals surface area (Å²) >= 11 is 0. The lowest BCUT2D eigenvalue weighted by molar-refractivity contribution is -0.115. The summed E-state index contributed by atoms with van der Waals surface area (Å²) in [4.78, 5) is 13.4. The normalized spacial score (nSPS) is 22.3. The maximum absolute atomic E-state index is 11.4. The predicted octanol–water partition coefficient (Wildman–Crippen LogP) is -0.0391. The van der Waals surface area contributed by atoms with Gasteiger partial charge in [-0.3, -0.25) is 4.79 Å². The van der Waals surface area contributed by atoms with Gasteiger partial charge >= 0.3 is 0 Å². The Balaban J connectivity index is 1.96. The first kappa shape index (κ1) is 12.3. The van der Waals surface area contributed by atoms with Crippen LogP contribution in [-0.4, -0.2) is 43.4 Å². The van der Waals surface area contributed by atoms with Crippen LogP contribution in [0.4, 0.5) is 17.1 Å². The van der Waals surface area contributed by atoms with Gasteiger partial charge in [-0.25, -0.2) is 0 Å². The molecule has 2 aliphatic heterocycles. The van der Waals surface area contributed by atoms with Crippen LogP contribution in [0.25, 0.3) is 0 Å². The number of carbonyl (C=O) groups excluding carboxylic acids is 1. The molecule has 1 unspecified atom stereocenters. The summed E-state index contributed by atoms with van der Waals surface area (Å²) in [7, 11) is 0. The fourth-order valence-electron chi connectivity index (χ4n) is 2.65. The molecule has 1 aromatic rings. The highest BCUT2D eigenvalue weighted by molar-refractivity contribution is 6.01. The van der Waals surface area contributed by atoms with Crippen molar-refractivity contribution in [3.05, 3.63) is 17.7 Å². The lowest BCUT2D eigenvalue weighted by Crippen LogP contribution is -2.47. The van der Waals surface area contributed by atoms with E-state index < -0.39 is 0 Å². The quantitative estimate of drug-likeness (QED) is 0.652. The zero-order chi connectivity index (χ0) is 13.4. The standard InChI is InChI=1S/C13H17N3O3/c14-10-3-8-4-13(18)15-11(8)5-12(10)16-1-2-19-7-9(16)6-17/h3,5,9,17H,1-2,4,6-7,14H2,(H,15,18). The number of anilines is 3. The summed E-state index contributed by atoms with van der Waals surface area (Å²) in [6.45, 7) is 1.80. The topological polar surface area (TPSA) is 87.8 Å². The van der Waals surface area contributed by atoms with Gasteiger partial charge in [-0.15, -0.1) is 0 Å². The van der Waals surface area contributed by atoms with Crippen molar-refractivity contribution in [2.24, 2.45) is 0 Å². The number of morpholine rings is 1. The van der Waals surface area contributed by atoms with Crippen molar-refractivity contribution in [3.63, 3.8) is 0 Å². The molecule has 1 saturated heterocycles. The molecule has 1 aromatic carbocycles. The van der Waals surface area contributed by atoms with Gasteiger partial charge in [-0.2, -0.15) is 0 Å². The van der Waals surface area contributed by atoms with Gasteiger partial charge in [-0.1, -0.05) is 0 Å². The van der Waals surface area contributed by atoms with E-state index in [9.17, 15) is 9.90 Å². The minimum atomic E-state index is -0.0915. The third-order valence-electron chi connectivity index (χ3n) is 3.63. The highest BCUT2D eigenvalue weighted by Gasteiger charge is 2.26. The number of aliphatic hydroxyl groups is 1. The van der Waals surface area contributed by atoms with Crippen molar-refractivity contribution < 1.29 is 14.6 Å². The molecular weight excluding hydrogens is 246 g/mol. The largest absolute Gasteiger partial charge is 0.397 e. The van der Waals surface area contributed by atoms with Crippen LogP contribution in [0.1, 0.15) is 5.56 Å². The summed E-state index contributed by atoms with van der Waals surface area (Å²) in [6.07, 6.45) is 0.381. The number of fused-ring (bicyclic) bond motifs is 1. The van der Waals surface area contributed by atoms with Gasteiger partial charge < -0.3 is 25.8 Å². The Morgan fingerprint density at radius 3 is 3.16 bits per heavy atom. The summed E-state index contributed by atoms with van der Waals surface area (Å²) in [6, 6.07) is 3.64. The number of aliphatic hydroxyl groups excluding tert-OH is 1. The average Bonchev–Trinajstić information content (AvgIpc) is 2.77. The molecule has 4 N–H and O–H groups in total. The van der Waals surface area contributed by atoms with Crippen LogP contribution in [0.15, 0.2) is 12.1 Å². The highest BCUT2D eigenvalue weighted by Crippen LogP contribution is 2.35. The molecule has 2 aliphatic rings. The molecule has 19 heavy (non-hydrogen) atoms. The first-order chi connectivity index (χ1) is 9.19. The van der Waals surface area contributed by atoms with Gasteiger partial charge in [0.1, 0.15) is 0 Å². The summed E-state index contributed by atoms with van der Waals surface area (Å²) < 4.78 is 5.36. The van der Waals surface area contributed by atoms with Gasteiger partial charge in [0.2, 0.25) is 5.91 Å². The monoisotopic (exact) mass is 263 g/mol. The predicted molar refractivity (Wildman–Crippen MR) is 72.2 cm³/mol. The van der Waals surface area contributed by atoms with Crippen molar-refractivity contribution in [1.82, 2.24) is 0 Å². The molecule has 6 heteroatoms. The second kappa shape index (κ2) is 4.71. The average molecular weight is 263 g/mol. The SMILES string of the molecule is Nc1cc2c(cc1N1CCOCC1CO)NC(=O)C2. The van der Waals surface area contributed by atoms with E-state index in [1.165, 1.54) is 0 Å². The Labute approximate surface area is 111 Å². The van der Waals surface area contributed by atoms with Crippen LogP contribution in [0.5, 0.6) is 0 Å². The van der Waals surface area contributed by atoms with Crippen LogP contribution in [0, 0.1) is 0 Å².